The van der Waals surface area contributed by atoms with E-state index in [0.717, 1.165) is 29.9 Å². The second-order valence-corrected chi connectivity index (χ2v) is 7.98. The summed E-state index contributed by atoms with van der Waals surface area (Å²) >= 11 is 0. The molecule has 7 heteroatoms. The van der Waals surface area contributed by atoms with E-state index in [0.29, 0.717) is 12.2 Å². The third-order valence-electron chi connectivity index (χ3n) is 5.74. The first kappa shape index (κ1) is 21.3. The molecule has 1 aliphatic heterocycles. The summed E-state index contributed by atoms with van der Waals surface area (Å²) in [6, 6.07) is 26.4. The van der Waals surface area contributed by atoms with Gasteiger partial charge >= 0.3 is 6.03 Å². The van der Waals surface area contributed by atoms with Crippen molar-refractivity contribution in [2.45, 2.75) is 13.0 Å². The van der Waals surface area contributed by atoms with E-state index in [9.17, 15) is 9.59 Å². The molecule has 0 aliphatic carbocycles. The third-order valence-corrected chi connectivity index (χ3v) is 5.74. The Morgan fingerprint density at radius 1 is 0.824 bits per heavy atom. The molecular formula is C27H24N4O3. The smallest absolute Gasteiger partial charge is 0.319 e. The number of furan rings is 1. The molecule has 0 atom stereocenters. The van der Waals surface area contributed by atoms with Crippen molar-refractivity contribution in [3.8, 4) is 0 Å². The summed E-state index contributed by atoms with van der Waals surface area (Å²) in [6.45, 7) is 1.23. The maximum atomic E-state index is 12.6. The highest BCUT2D eigenvalue weighted by atomic mass is 16.3. The summed E-state index contributed by atoms with van der Waals surface area (Å²) in [5, 5.41) is 8.65. The number of fused-ring (bicyclic) bond motifs is 1. The Bertz CT molecular complexity index is 1300. The third kappa shape index (κ3) is 4.63. The number of rotatable bonds is 6. The number of nitrogens with zero attached hydrogens (tertiary/aromatic N) is 1. The van der Waals surface area contributed by atoms with E-state index in [-0.39, 0.29) is 17.7 Å². The molecule has 5 rings (SSSR count). The summed E-state index contributed by atoms with van der Waals surface area (Å²) in [4.78, 5) is 26.9. The van der Waals surface area contributed by atoms with Gasteiger partial charge in [-0.2, -0.15) is 0 Å². The second kappa shape index (κ2) is 9.54. The van der Waals surface area contributed by atoms with E-state index >= 15 is 0 Å². The van der Waals surface area contributed by atoms with Gasteiger partial charge in [0.15, 0.2) is 5.76 Å². The number of hydrogen-bond donors (Lipinski definition) is 3. The maximum Gasteiger partial charge on any atom is 0.319 e. The van der Waals surface area contributed by atoms with Gasteiger partial charge in [-0.3, -0.25) is 4.79 Å². The molecule has 3 N–H and O–H groups in total. The van der Waals surface area contributed by atoms with Crippen LogP contribution >= 0.6 is 0 Å². The predicted molar refractivity (Wildman–Crippen MR) is 133 cm³/mol. The largest absolute Gasteiger partial charge is 0.459 e. The maximum absolute atomic E-state index is 12.6. The molecule has 4 aromatic rings. The lowest BCUT2D eigenvalue weighted by Gasteiger charge is -2.23. The molecule has 7 nitrogen and oxygen atoms in total. The molecule has 1 aromatic heterocycles. The van der Waals surface area contributed by atoms with Crippen molar-refractivity contribution in [3.05, 3.63) is 108 Å². The number of carbonyl (C=O) groups is 2. The zero-order valence-electron chi connectivity index (χ0n) is 18.5. The van der Waals surface area contributed by atoms with Crippen molar-refractivity contribution >= 4 is 34.7 Å². The van der Waals surface area contributed by atoms with Gasteiger partial charge in [0, 0.05) is 24.5 Å². The Kier molecular flexibility index (Phi) is 5.99. The highest BCUT2D eigenvalue weighted by Gasteiger charge is 2.22. The van der Waals surface area contributed by atoms with Crippen LogP contribution < -0.4 is 20.9 Å². The Morgan fingerprint density at radius 3 is 2.38 bits per heavy atom. The molecule has 3 amide bonds. The van der Waals surface area contributed by atoms with E-state index in [1.807, 2.05) is 42.5 Å². The highest BCUT2D eigenvalue weighted by Crippen LogP contribution is 2.38. The van der Waals surface area contributed by atoms with Gasteiger partial charge in [0.25, 0.3) is 5.91 Å². The molecule has 0 unspecified atom stereocenters. The van der Waals surface area contributed by atoms with Crippen molar-refractivity contribution in [1.82, 2.24) is 5.32 Å². The first-order chi connectivity index (χ1) is 16.7. The van der Waals surface area contributed by atoms with E-state index in [4.69, 9.17) is 4.42 Å². The standard InChI is InChI=1S/C27H24N4O3/c32-26(25-10-5-17-34-25)29-21-13-11-19(12-14-21)18-28-27(33)30-22-7-2-4-9-24(22)31-16-15-20-6-1-3-8-23(20)31/h1-14,17H,15-16,18H2,(H,29,32)(H2,28,30,33). The van der Waals surface area contributed by atoms with Crippen LogP contribution in [0.3, 0.4) is 0 Å². The lowest BCUT2D eigenvalue weighted by atomic mass is 10.2. The number of nitrogens with one attached hydrogen (secondary N) is 3. The molecule has 34 heavy (non-hydrogen) atoms. The van der Waals surface area contributed by atoms with Crippen LogP contribution in [0.1, 0.15) is 21.7 Å². The Labute approximate surface area is 197 Å². The fraction of sp³-hybridized carbons (Fsp3) is 0.111. The number of hydrogen-bond acceptors (Lipinski definition) is 4. The van der Waals surface area contributed by atoms with Gasteiger partial charge in [0.05, 0.1) is 17.6 Å². The minimum atomic E-state index is -0.311. The summed E-state index contributed by atoms with van der Waals surface area (Å²) < 4.78 is 5.09. The number of amides is 3. The molecule has 1 aliphatic rings. The van der Waals surface area contributed by atoms with E-state index in [1.54, 1.807) is 24.3 Å². The van der Waals surface area contributed by atoms with Crippen molar-refractivity contribution in [2.75, 3.05) is 22.1 Å². The van der Waals surface area contributed by atoms with Gasteiger partial charge in [0.2, 0.25) is 0 Å². The van der Waals surface area contributed by atoms with E-state index in [1.165, 1.54) is 17.5 Å². The summed E-state index contributed by atoms with van der Waals surface area (Å²) in [5.41, 5.74) is 5.77. The van der Waals surface area contributed by atoms with Crippen LogP contribution in [0.2, 0.25) is 0 Å². The normalized spacial score (nSPS) is 12.2. The van der Waals surface area contributed by atoms with Gasteiger partial charge in [0.1, 0.15) is 0 Å². The number of anilines is 4. The zero-order valence-corrected chi connectivity index (χ0v) is 18.5. The van der Waals surface area contributed by atoms with Gasteiger partial charge in [-0.05, 0) is 60.0 Å². The van der Waals surface area contributed by atoms with Crippen LogP contribution in [0.15, 0.2) is 95.6 Å². The Morgan fingerprint density at radius 2 is 1.59 bits per heavy atom. The average Bonchev–Trinajstić information content (AvgIpc) is 3.55. The van der Waals surface area contributed by atoms with Crippen LogP contribution in [-0.4, -0.2) is 18.5 Å². The van der Waals surface area contributed by atoms with E-state index in [2.05, 4.69) is 39.0 Å². The zero-order chi connectivity index (χ0) is 23.3. The molecule has 2 heterocycles. The summed E-state index contributed by atoms with van der Waals surface area (Å²) in [7, 11) is 0. The lowest BCUT2D eigenvalue weighted by molar-refractivity contribution is 0.0996. The van der Waals surface area contributed by atoms with Gasteiger partial charge < -0.3 is 25.3 Å². The van der Waals surface area contributed by atoms with Crippen LogP contribution in [0.4, 0.5) is 27.5 Å². The highest BCUT2D eigenvalue weighted by molar-refractivity contribution is 6.02. The number of urea groups is 1. The number of benzene rings is 3. The molecule has 0 bridgehead atoms. The molecule has 170 valence electrons. The van der Waals surface area contributed by atoms with Crippen LogP contribution in [0.25, 0.3) is 0 Å². The Hall–Kier alpha value is -4.52. The van der Waals surface area contributed by atoms with Gasteiger partial charge in [-0.25, -0.2) is 4.79 Å². The first-order valence-electron chi connectivity index (χ1n) is 11.1. The fourth-order valence-electron chi connectivity index (χ4n) is 4.06. The summed E-state index contributed by atoms with van der Waals surface area (Å²) in [6.07, 6.45) is 2.44. The number of para-hydroxylation sites is 3. The van der Waals surface area contributed by atoms with Crippen molar-refractivity contribution in [3.63, 3.8) is 0 Å². The van der Waals surface area contributed by atoms with Crippen LogP contribution in [0.5, 0.6) is 0 Å². The van der Waals surface area contributed by atoms with E-state index < -0.39 is 0 Å². The molecular weight excluding hydrogens is 428 g/mol. The van der Waals surface area contributed by atoms with Crippen molar-refractivity contribution in [1.29, 1.82) is 0 Å². The second-order valence-electron chi connectivity index (χ2n) is 7.98. The first-order valence-corrected chi connectivity index (χ1v) is 11.1. The van der Waals surface area contributed by atoms with Gasteiger partial charge in [-0.15, -0.1) is 0 Å². The summed E-state index contributed by atoms with van der Waals surface area (Å²) in [5.74, 6) is -0.0605. The fourth-order valence-corrected chi connectivity index (χ4v) is 4.06. The topological polar surface area (TPSA) is 86.6 Å². The molecule has 0 saturated heterocycles. The SMILES string of the molecule is O=C(NCc1ccc(NC(=O)c2ccco2)cc1)Nc1ccccc1N1CCc2ccccc21. The van der Waals surface area contributed by atoms with Crippen LogP contribution in [-0.2, 0) is 13.0 Å². The molecule has 0 saturated carbocycles. The average molecular weight is 453 g/mol. The van der Waals surface area contributed by atoms with Crippen molar-refractivity contribution in [2.24, 2.45) is 0 Å². The van der Waals surface area contributed by atoms with Crippen LogP contribution in [0, 0.1) is 0 Å². The lowest BCUT2D eigenvalue weighted by Crippen LogP contribution is -2.29. The monoisotopic (exact) mass is 452 g/mol. The molecule has 0 spiro atoms. The molecule has 0 radical (unpaired) electrons. The predicted octanol–water partition coefficient (Wildman–Crippen LogP) is 5.55. The molecule has 0 fully saturated rings. The molecule has 3 aromatic carbocycles. The van der Waals surface area contributed by atoms with Gasteiger partial charge in [-0.1, -0.05) is 42.5 Å². The quantitative estimate of drug-likeness (QED) is 0.358. The number of carbonyl (C=O) groups excluding carboxylic acids is 2. The minimum absolute atomic E-state index is 0.250. The minimum Gasteiger partial charge on any atom is -0.459 e. The van der Waals surface area contributed by atoms with Crippen molar-refractivity contribution < 1.29 is 14.0 Å². The Balaban J connectivity index is 1.19.